The Hall–Kier alpha value is -1.68. The first-order chi connectivity index (χ1) is 9.40. The smallest absolute Gasteiger partial charge is 0.156 e. The van der Waals surface area contributed by atoms with E-state index < -0.39 is 0 Å². The van der Waals surface area contributed by atoms with Crippen LogP contribution in [0.3, 0.4) is 0 Å². The lowest BCUT2D eigenvalue weighted by atomic mass is 10.2. The predicted molar refractivity (Wildman–Crippen MR) is 76.2 cm³/mol. The van der Waals surface area contributed by atoms with Crippen LogP contribution >= 0.6 is 0 Å². The van der Waals surface area contributed by atoms with Crippen molar-refractivity contribution in [2.45, 2.75) is 31.3 Å². The van der Waals surface area contributed by atoms with Crippen LogP contribution < -0.4 is 5.32 Å². The maximum absolute atomic E-state index is 4.28. The van der Waals surface area contributed by atoms with Crippen molar-refractivity contribution in [3.8, 4) is 0 Å². The molecular formula is C15H18N4. The van der Waals surface area contributed by atoms with Gasteiger partial charge < -0.3 is 5.32 Å². The molecule has 0 bridgehead atoms. The summed E-state index contributed by atoms with van der Waals surface area (Å²) in [5.41, 5.74) is 0. The third kappa shape index (κ3) is 2.16. The Bertz CT molecular complexity index is 588. The minimum absolute atomic E-state index is 0.515. The molecule has 1 atom stereocenters. The van der Waals surface area contributed by atoms with Crippen molar-refractivity contribution in [3.63, 3.8) is 0 Å². The molecule has 2 aromatic rings. The molecule has 19 heavy (non-hydrogen) atoms. The number of hydrogen-bond donors (Lipinski definition) is 1. The third-order valence-electron chi connectivity index (χ3n) is 4.19. The van der Waals surface area contributed by atoms with Gasteiger partial charge in [0, 0.05) is 35.9 Å². The normalized spacial score (nSPS) is 23.9. The van der Waals surface area contributed by atoms with Crippen LogP contribution in [0.15, 0.2) is 30.5 Å². The van der Waals surface area contributed by atoms with Crippen LogP contribution in [-0.4, -0.2) is 40.3 Å². The maximum atomic E-state index is 4.28. The number of nitrogens with zero attached hydrogens (tertiary/aromatic N) is 3. The van der Waals surface area contributed by atoms with E-state index in [1.807, 2.05) is 12.3 Å². The number of hydrogen-bond acceptors (Lipinski definition) is 4. The summed E-state index contributed by atoms with van der Waals surface area (Å²) in [5, 5.41) is 14.3. The van der Waals surface area contributed by atoms with Gasteiger partial charge in [-0.3, -0.25) is 4.90 Å². The second kappa shape index (κ2) is 4.46. The second-order valence-electron chi connectivity index (χ2n) is 5.64. The van der Waals surface area contributed by atoms with Gasteiger partial charge in [0.05, 0.1) is 6.20 Å². The maximum Gasteiger partial charge on any atom is 0.156 e. The molecule has 1 aliphatic carbocycles. The van der Waals surface area contributed by atoms with Crippen LogP contribution in [0.25, 0.3) is 10.8 Å². The first-order valence-corrected chi connectivity index (χ1v) is 7.11. The summed E-state index contributed by atoms with van der Waals surface area (Å²) in [7, 11) is 0. The fourth-order valence-corrected chi connectivity index (χ4v) is 3.00. The zero-order valence-corrected chi connectivity index (χ0v) is 10.9. The van der Waals surface area contributed by atoms with Crippen LogP contribution in [0.2, 0.25) is 0 Å². The van der Waals surface area contributed by atoms with Crippen LogP contribution in [0.4, 0.5) is 5.82 Å². The molecule has 1 unspecified atom stereocenters. The van der Waals surface area contributed by atoms with E-state index in [1.54, 1.807) is 0 Å². The Morgan fingerprint density at radius 2 is 2.05 bits per heavy atom. The van der Waals surface area contributed by atoms with E-state index >= 15 is 0 Å². The highest BCUT2D eigenvalue weighted by atomic mass is 15.3. The molecule has 4 rings (SSSR count). The average molecular weight is 254 g/mol. The van der Waals surface area contributed by atoms with Crippen LogP contribution in [-0.2, 0) is 0 Å². The van der Waals surface area contributed by atoms with Crippen molar-refractivity contribution in [3.05, 3.63) is 30.5 Å². The zero-order valence-electron chi connectivity index (χ0n) is 10.9. The molecule has 0 spiro atoms. The minimum Gasteiger partial charge on any atom is -0.364 e. The van der Waals surface area contributed by atoms with E-state index in [-0.39, 0.29) is 0 Å². The SMILES string of the molecule is c1ccc2c(NC3CCN(C4CC4)C3)nncc2c1. The van der Waals surface area contributed by atoms with Gasteiger partial charge in [0.1, 0.15) is 0 Å². The molecule has 1 aliphatic heterocycles. The fourth-order valence-electron chi connectivity index (χ4n) is 3.00. The quantitative estimate of drug-likeness (QED) is 0.912. The van der Waals surface area contributed by atoms with E-state index in [0.29, 0.717) is 6.04 Å². The van der Waals surface area contributed by atoms with Gasteiger partial charge in [-0.05, 0) is 19.3 Å². The van der Waals surface area contributed by atoms with Crippen molar-refractivity contribution >= 4 is 16.6 Å². The summed E-state index contributed by atoms with van der Waals surface area (Å²) >= 11 is 0. The van der Waals surface area contributed by atoms with Gasteiger partial charge in [0.2, 0.25) is 0 Å². The Kier molecular flexibility index (Phi) is 2.62. The van der Waals surface area contributed by atoms with Crippen molar-refractivity contribution in [2.24, 2.45) is 0 Å². The van der Waals surface area contributed by atoms with E-state index in [2.05, 4.69) is 38.6 Å². The number of rotatable bonds is 3. The summed E-state index contributed by atoms with van der Waals surface area (Å²) in [6, 6.07) is 9.67. The molecule has 0 radical (unpaired) electrons. The number of benzene rings is 1. The topological polar surface area (TPSA) is 41.0 Å². The Labute approximate surface area is 112 Å². The van der Waals surface area contributed by atoms with Crippen LogP contribution in [0, 0.1) is 0 Å². The molecule has 98 valence electrons. The Balaban J connectivity index is 1.55. The fraction of sp³-hybridized carbons (Fsp3) is 0.467. The summed E-state index contributed by atoms with van der Waals surface area (Å²) in [6.45, 7) is 2.37. The number of nitrogens with one attached hydrogen (secondary N) is 1. The lowest BCUT2D eigenvalue weighted by Crippen LogP contribution is -2.28. The summed E-state index contributed by atoms with van der Waals surface area (Å²) < 4.78 is 0. The summed E-state index contributed by atoms with van der Waals surface area (Å²) in [4.78, 5) is 2.61. The van der Waals surface area contributed by atoms with Gasteiger partial charge in [0.25, 0.3) is 0 Å². The second-order valence-corrected chi connectivity index (χ2v) is 5.64. The molecule has 2 aliphatic rings. The Morgan fingerprint density at radius 1 is 1.16 bits per heavy atom. The van der Waals surface area contributed by atoms with Gasteiger partial charge in [-0.25, -0.2) is 0 Å². The number of anilines is 1. The predicted octanol–water partition coefficient (Wildman–Crippen LogP) is 2.28. The van der Waals surface area contributed by atoms with Gasteiger partial charge in [-0.2, -0.15) is 5.10 Å². The summed E-state index contributed by atoms with van der Waals surface area (Å²) in [6.07, 6.45) is 5.81. The molecule has 1 saturated heterocycles. The van der Waals surface area contributed by atoms with Crippen LogP contribution in [0.5, 0.6) is 0 Å². The standard InChI is InChI=1S/C15H18N4/c1-2-4-14-11(3-1)9-16-18-15(14)17-12-7-8-19(10-12)13-5-6-13/h1-4,9,12-13H,5-8,10H2,(H,17,18). The molecule has 4 heteroatoms. The number of fused-ring (bicyclic) bond motifs is 1. The molecule has 0 amide bonds. The first kappa shape index (κ1) is 11.2. The van der Waals surface area contributed by atoms with Crippen molar-refractivity contribution in [1.82, 2.24) is 15.1 Å². The molecule has 4 nitrogen and oxygen atoms in total. The number of aromatic nitrogens is 2. The molecular weight excluding hydrogens is 236 g/mol. The largest absolute Gasteiger partial charge is 0.364 e. The lowest BCUT2D eigenvalue weighted by Gasteiger charge is -2.16. The molecule has 2 fully saturated rings. The molecule has 1 aromatic heterocycles. The average Bonchev–Trinajstić information content (AvgIpc) is 3.20. The van der Waals surface area contributed by atoms with Crippen molar-refractivity contribution < 1.29 is 0 Å². The van der Waals surface area contributed by atoms with E-state index in [1.165, 1.54) is 31.2 Å². The van der Waals surface area contributed by atoms with Crippen LogP contribution in [0.1, 0.15) is 19.3 Å². The van der Waals surface area contributed by atoms with Gasteiger partial charge >= 0.3 is 0 Å². The van der Waals surface area contributed by atoms with Gasteiger partial charge in [0.15, 0.2) is 5.82 Å². The number of likely N-dealkylation sites (tertiary alicyclic amines) is 1. The first-order valence-electron chi connectivity index (χ1n) is 7.11. The molecule has 2 heterocycles. The highest BCUT2D eigenvalue weighted by Crippen LogP contribution is 2.31. The lowest BCUT2D eigenvalue weighted by molar-refractivity contribution is 0.326. The van der Waals surface area contributed by atoms with E-state index in [4.69, 9.17) is 0 Å². The highest BCUT2D eigenvalue weighted by Gasteiger charge is 2.34. The van der Waals surface area contributed by atoms with Gasteiger partial charge in [-0.1, -0.05) is 24.3 Å². The van der Waals surface area contributed by atoms with Crippen molar-refractivity contribution in [2.75, 3.05) is 18.4 Å². The molecule has 1 N–H and O–H groups in total. The molecule has 1 saturated carbocycles. The Morgan fingerprint density at radius 3 is 2.95 bits per heavy atom. The highest BCUT2D eigenvalue weighted by molar-refractivity contribution is 5.90. The van der Waals surface area contributed by atoms with E-state index in [9.17, 15) is 0 Å². The zero-order chi connectivity index (χ0) is 12.7. The van der Waals surface area contributed by atoms with E-state index in [0.717, 1.165) is 23.8 Å². The van der Waals surface area contributed by atoms with Gasteiger partial charge in [-0.15, -0.1) is 5.10 Å². The molecule has 1 aromatic carbocycles. The third-order valence-corrected chi connectivity index (χ3v) is 4.19. The summed E-state index contributed by atoms with van der Waals surface area (Å²) in [5.74, 6) is 0.931. The van der Waals surface area contributed by atoms with Crippen molar-refractivity contribution in [1.29, 1.82) is 0 Å². The minimum atomic E-state index is 0.515. The monoisotopic (exact) mass is 254 g/mol.